The maximum atomic E-state index is 14.2. The molecule has 11 nitrogen and oxygen atoms in total. The molecule has 1 aliphatic carbocycles. The van der Waals surface area contributed by atoms with E-state index >= 15 is 0 Å². The van der Waals surface area contributed by atoms with Crippen molar-refractivity contribution in [3.05, 3.63) is 60.2 Å². The molecule has 13 heteroatoms. The van der Waals surface area contributed by atoms with E-state index in [1.54, 1.807) is 28.6 Å². The molecule has 0 bridgehead atoms. The number of oxime groups is 1. The lowest BCUT2D eigenvalue weighted by molar-refractivity contribution is 0.188. The highest BCUT2D eigenvalue weighted by molar-refractivity contribution is 7.89. The molecule has 0 amide bonds. The van der Waals surface area contributed by atoms with Gasteiger partial charge in [-0.25, -0.2) is 8.42 Å². The van der Waals surface area contributed by atoms with Gasteiger partial charge in [-0.2, -0.15) is 21.3 Å². The molecule has 1 N–H and O–H groups in total. The van der Waals surface area contributed by atoms with E-state index in [1.165, 1.54) is 46.3 Å². The summed E-state index contributed by atoms with van der Waals surface area (Å²) in [6.45, 7) is 3.32. The molecule has 48 heavy (non-hydrogen) atoms. The van der Waals surface area contributed by atoms with Crippen LogP contribution in [0.15, 0.2) is 64.6 Å². The smallest absolute Gasteiger partial charge is 0.282 e. The van der Waals surface area contributed by atoms with Crippen LogP contribution in [0, 0.1) is 5.92 Å². The van der Waals surface area contributed by atoms with Crippen LogP contribution < -0.4 is 4.90 Å². The highest BCUT2D eigenvalue weighted by Gasteiger charge is 2.35. The first-order valence-electron chi connectivity index (χ1n) is 17.6. The molecule has 0 unspecified atom stereocenters. The molecule has 2 aromatic carbocycles. The van der Waals surface area contributed by atoms with Crippen molar-refractivity contribution in [3.63, 3.8) is 0 Å². The number of hydrogen-bond donors (Lipinski definition) is 1. The zero-order valence-electron chi connectivity index (χ0n) is 28.7. The number of piperidine rings is 1. The first kappa shape index (κ1) is 36.7. The van der Waals surface area contributed by atoms with Gasteiger partial charge in [0.1, 0.15) is 0 Å². The van der Waals surface area contributed by atoms with Crippen LogP contribution >= 0.6 is 0 Å². The predicted octanol–water partition coefficient (Wildman–Crippen LogP) is 4.68. The van der Waals surface area contributed by atoms with Gasteiger partial charge in [0.15, 0.2) is 0 Å². The fourth-order valence-electron chi connectivity index (χ4n) is 7.42. The Kier molecular flexibility index (Phi) is 12.9. The second kappa shape index (κ2) is 16.9. The Bertz CT molecular complexity index is 1540. The zero-order chi connectivity index (χ0) is 34.1. The van der Waals surface area contributed by atoms with Crippen LogP contribution in [0.4, 0.5) is 5.69 Å². The maximum Gasteiger partial charge on any atom is 0.282 e. The van der Waals surface area contributed by atoms with Crippen LogP contribution in [0.2, 0.25) is 0 Å². The summed E-state index contributed by atoms with van der Waals surface area (Å²) >= 11 is 0. The Morgan fingerprint density at radius 1 is 0.708 bits per heavy atom. The van der Waals surface area contributed by atoms with Crippen molar-refractivity contribution in [1.29, 1.82) is 0 Å². The lowest BCUT2D eigenvalue weighted by Gasteiger charge is -2.36. The number of hydrogen-bond acceptors (Lipinski definition) is 8. The first-order valence-corrected chi connectivity index (χ1v) is 20.4. The fourth-order valence-corrected chi connectivity index (χ4v) is 10.6. The van der Waals surface area contributed by atoms with Crippen LogP contribution in [0.25, 0.3) is 0 Å². The Balaban J connectivity index is 1.37. The van der Waals surface area contributed by atoms with Crippen molar-refractivity contribution in [2.45, 2.75) is 68.6 Å². The molecule has 0 spiro atoms. The van der Waals surface area contributed by atoms with Crippen molar-refractivity contribution in [2.75, 3.05) is 77.9 Å². The third-order valence-electron chi connectivity index (χ3n) is 10.2. The van der Waals surface area contributed by atoms with E-state index in [0.29, 0.717) is 44.3 Å². The van der Waals surface area contributed by atoms with Gasteiger partial charge in [0.2, 0.25) is 10.0 Å². The van der Waals surface area contributed by atoms with E-state index in [1.807, 2.05) is 37.2 Å². The Morgan fingerprint density at radius 2 is 1.31 bits per heavy atom. The van der Waals surface area contributed by atoms with Crippen LogP contribution in [-0.4, -0.2) is 119 Å². The number of nitrogens with zero attached hydrogens (tertiary/aromatic N) is 6. The lowest BCUT2D eigenvalue weighted by Crippen LogP contribution is -2.51. The van der Waals surface area contributed by atoms with Gasteiger partial charge in [-0.3, -0.25) is 0 Å². The van der Waals surface area contributed by atoms with E-state index in [2.05, 4.69) is 22.2 Å². The number of rotatable bonds is 8. The average molecular weight is 703 g/mol. The topological polar surface area (TPSA) is 117 Å². The van der Waals surface area contributed by atoms with Crippen molar-refractivity contribution >= 4 is 31.6 Å². The van der Waals surface area contributed by atoms with Gasteiger partial charge in [-0.1, -0.05) is 54.8 Å². The Morgan fingerprint density at radius 3 is 1.92 bits per heavy atom. The molecule has 266 valence electrons. The second-order valence-corrected chi connectivity index (χ2v) is 17.7. The van der Waals surface area contributed by atoms with Gasteiger partial charge in [0.05, 0.1) is 23.7 Å². The molecule has 3 fully saturated rings. The predicted molar refractivity (Wildman–Crippen MR) is 191 cm³/mol. The summed E-state index contributed by atoms with van der Waals surface area (Å²) in [5.74, 6) is 0.915. The van der Waals surface area contributed by atoms with E-state index in [9.17, 15) is 22.0 Å². The molecule has 2 aliphatic heterocycles. The quantitative estimate of drug-likeness (QED) is 0.314. The van der Waals surface area contributed by atoms with Crippen molar-refractivity contribution in [3.8, 4) is 0 Å². The summed E-state index contributed by atoms with van der Waals surface area (Å²) in [6, 6.07) is 17.0. The summed E-state index contributed by atoms with van der Waals surface area (Å²) in [5.41, 5.74) is 2.21. The van der Waals surface area contributed by atoms with Crippen molar-refractivity contribution in [2.24, 2.45) is 11.1 Å². The highest BCUT2D eigenvalue weighted by atomic mass is 32.2. The van der Waals surface area contributed by atoms with E-state index in [0.717, 1.165) is 31.6 Å². The Hall–Kier alpha value is -2.55. The molecule has 1 saturated carbocycles. The monoisotopic (exact) mass is 702 g/mol. The minimum atomic E-state index is -3.96. The van der Waals surface area contributed by atoms with Crippen molar-refractivity contribution in [1.82, 2.24) is 17.8 Å². The molecular weight excluding hydrogens is 649 g/mol. The molecule has 2 saturated heterocycles. The molecule has 0 radical (unpaired) electrons. The minimum absolute atomic E-state index is 0.103. The highest BCUT2D eigenvalue weighted by Crippen LogP contribution is 2.30. The van der Waals surface area contributed by atoms with E-state index < -0.39 is 20.2 Å². The Labute approximate surface area is 288 Å². The minimum Gasteiger partial charge on any atom is -0.411 e. The number of anilines is 1. The van der Waals surface area contributed by atoms with Gasteiger partial charge in [0.25, 0.3) is 10.2 Å². The average Bonchev–Trinajstić information content (AvgIpc) is 3.10. The van der Waals surface area contributed by atoms with Crippen molar-refractivity contribution < 1.29 is 22.0 Å². The maximum absolute atomic E-state index is 14.2. The summed E-state index contributed by atoms with van der Waals surface area (Å²) in [4.78, 5) is 4.47. The number of sulfonamides is 1. The largest absolute Gasteiger partial charge is 0.411 e. The molecule has 2 heterocycles. The molecule has 0 atom stereocenters. The third kappa shape index (κ3) is 9.36. The second-order valence-electron chi connectivity index (χ2n) is 13.8. The SMILES string of the molecule is CN(C)c1ccc(S(=O)(=O)N2CCCN(CC3CCCCC3)CCCN(S(=O)(=O)N3CCC(c4ccccc4)CC3)C/C(=N\O)C2)cc1. The van der Waals surface area contributed by atoms with E-state index in [4.69, 9.17) is 0 Å². The number of benzene rings is 2. The van der Waals surface area contributed by atoms with Gasteiger partial charge in [-0.05, 0) is 93.3 Å². The van der Waals surface area contributed by atoms with Gasteiger partial charge >= 0.3 is 0 Å². The summed E-state index contributed by atoms with van der Waals surface area (Å²) in [6.07, 6.45) is 8.90. The van der Waals surface area contributed by atoms with Crippen LogP contribution in [-0.2, 0) is 20.2 Å². The lowest BCUT2D eigenvalue weighted by atomic mass is 9.89. The molecule has 2 aromatic rings. The summed E-state index contributed by atoms with van der Waals surface area (Å²) in [5, 5.41) is 13.6. The standard InChI is InChI=1S/C35H54N6O5S2/c1-37(2)34-15-17-35(18-16-34)47(43,44)40-23-9-21-38(27-30-11-5-3-6-12-30)22-10-24-41(29-33(28-40)36-42)48(45,46)39-25-19-32(20-26-39)31-13-7-4-8-14-31/h4,7-8,13-18,30,32,42H,3,5-6,9-12,19-29H2,1-2H3/b36-33-. The van der Waals surface area contributed by atoms with Gasteiger partial charge in [0, 0.05) is 52.5 Å². The first-order chi connectivity index (χ1) is 23.1. The summed E-state index contributed by atoms with van der Waals surface area (Å²) < 4.78 is 60.8. The molecular formula is C35H54N6O5S2. The van der Waals surface area contributed by atoms with E-state index in [-0.39, 0.29) is 36.8 Å². The van der Waals surface area contributed by atoms with Gasteiger partial charge < -0.3 is 15.0 Å². The molecule has 3 aliphatic rings. The van der Waals surface area contributed by atoms with Crippen LogP contribution in [0.1, 0.15) is 69.3 Å². The summed E-state index contributed by atoms with van der Waals surface area (Å²) in [7, 11) is -4.07. The molecule has 5 rings (SSSR count). The van der Waals surface area contributed by atoms with Crippen LogP contribution in [0.3, 0.4) is 0 Å². The molecule has 0 aromatic heterocycles. The normalized spacial score (nSPS) is 22.7. The van der Waals surface area contributed by atoms with Gasteiger partial charge in [-0.15, -0.1) is 0 Å². The zero-order valence-corrected chi connectivity index (χ0v) is 30.3. The van der Waals surface area contributed by atoms with Crippen LogP contribution in [0.5, 0.6) is 0 Å². The fraction of sp³-hybridized carbons (Fsp3) is 0.629. The third-order valence-corrected chi connectivity index (χ3v) is 14.1.